The number of nitrogens with one attached hydrogen (secondary N) is 1. The Kier molecular flexibility index (Phi) is 7.54. The highest BCUT2D eigenvalue weighted by Gasteiger charge is 2.15. The van der Waals surface area contributed by atoms with Gasteiger partial charge in [-0.1, -0.05) is 0 Å². The molecule has 1 amide bonds. The molecule has 0 aromatic rings. The number of Topliss-reactive ketones (excluding diaryl/α,β-unsaturated/α-hetero) is 1. The SMILES string of the molecule is CC(=O)CCCOCCNC(=O)OC(C)(C)C. The van der Waals surface area contributed by atoms with Crippen LogP contribution in [-0.4, -0.2) is 37.2 Å². The van der Waals surface area contributed by atoms with Crippen LogP contribution in [-0.2, 0) is 14.3 Å². The van der Waals surface area contributed by atoms with Gasteiger partial charge < -0.3 is 19.6 Å². The number of carbonyl (C=O) groups excluding carboxylic acids is 2. The van der Waals surface area contributed by atoms with Crippen LogP contribution < -0.4 is 5.32 Å². The van der Waals surface area contributed by atoms with E-state index in [1.165, 1.54) is 0 Å². The van der Waals surface area contributed by atoms with Gasteiger partial charge in [0.1, 0.15) is 11.4 Å². The van der Waals surface area contributed by atoms with E-state index in [2.05, 4.69) is 5.32 Å². The molecule has 0 atom stereocenters. The second-order valence-electron chi connectivity index (χ2n) is 4.85. The Morgan fingerprint density at radius 3 is 2.35 bits per heavy atom. The number of ketones is 1. The van der Waals surface area contributed by atoms with Gasteiger partial charge in [-0.05, 0) is 34.1 Å². The number of amides is 1. The topological polar surface area (TPSA) is 64.6 Å². The molecule has 0 heterocycles. The minimum absolute atomic E-state index is 0.167. The van der Waals surface area contributed by atoms with Gasteiger partial charge in [0.05, 0.1) is 6.61 Å². The van der Waals surface area contributed by atoms with Crippen LogP contribution in [0.3, 0.4) is 0 Å². The van der Waals surface area contributed by atoms with Gasteiger partial charge in [0.25, 0.3) is 0 Å². The van der Waals surface area contributed by atoms with Crippen LogP contribution in [0, 0.1) is 0 Å². The minimum Gasteiger partial charge on any atom is -0.444 e. The summed E-state index contributed by atoms with van der Waals surface area (Å²) < 4.78 is 10.3. The minimum atomic E-state index is -0.480. The Labute approximate surface area is 103 Å². The zero-order valence-corrected chi connectivity index (χ0v) is 11.2. The van der Waals surface area contributed by atoms with Crippen LogP contribution in [0.15, 0.2) is 0 Å². The van der Waals surface area contributed by atoms with Gasteiger partial charge in [-0.2, -0.15) is 0 Å². The number of alkyl carbamates (subject to hydrolysis) is 1. The van der Waals surface area contributed by atoms with E-state index in [1.807, 2.05) is 20.8 Å². The van der Waals surface area contributed by atoms with Crippen molar-refractivity contribution in [3.63, 3.8) is 0 Å². The van der Waals surface area contributed by atoms with Gasteiger partial charge in [0.2, 0.25) is 0 Å². The molecule has 0 aliphatic rings. The summed E-state index contributed by atoms with van der Waals surface area (Å²) in [4.78, 5) is 21.8. The summed E-state index contributed by atoms with van der Waals surface area (Å²) >= 11 is 0. The number of hydrogen-bond acceptors (Lipinski definition) is 4. The lowest BCUT2D eigenvalue weighted by Crippen LogP contribution is -2.34. The largest absolute Gasteiger partial charge is 0.444 e. The van der Waals surface area contributed by atoms with E-state index in [4.69, 9.17) is 9.47 Å². The smallest absolute Gasteiger partial charge is 0.407 e. The fourth-order valence-corrected chi connectivity index (χ4v) is 1.06. The lowest BCUT2D eigenvalue weighted by molar-refractivity contribution is -0.117. The third kappa shape index (κ3) is 12.8. The van der Waals surface area contributed by atoms with Crippen molar-refractivity contribution in [1.29, 1.82) is 0 Å². The predicted molar refractivity (Wildman–Crippen MR) is 65.0 cm³/mol. The standard InChI is InChI=1S/C12H23NO4/c1-10(14)6-5-8-16-9-7-13-11(15)17-12(2,3)4/h5-9H2,1-4H3,(H,13,15). The van der Waals surface area contributed by atoms with Crippen LogP contribution in [0.1, 0.15) is 40.5 Å². The molecule has 0 unspecified atom stereocenters. The van der Waals surface area contributed by atoms with Crippen molar-refractivity contribution in [3.8, 4) is 0 Å². The van der Waals surface area contributed by atoms with Crippen molar-refractivity contribution < 1.29 is 19.1 Å². The summed E-state index contributed by atoms with van der Waals surface area (Å²) in [7, 11) is 0. The van der Waals surface area contributed by atoms with Gasteiger partial charge in [-0.3, -0.25) is 0 Å². The highest BCUT2D eigenvalue weighted by molar-refractivity contribution is 5.75. The lowest BCUT2D eigenvalue weighted by atomic mass is 10.2. The molecule has 0 rings (SSSR count). The number of carbonyl (C=O) groups is 2. The average Bonchev–Trinajstić information content (AvgIpc) is 2.12. The van der Waals surface area contributed by atoms with Crippen LogP contribution in [0.25, 0.3) is 0 Å². The van der Waals surface area contributed by atoms with E-state index < -0.39 is 11.7 Å². The number of hydrogen-bond donors (Lipinski definition) is 1. The Balaban J connectivity index is 3.34. The maximum absolute atomic E-state index is 11.2. The van der Waals surface area contributed by atoms with Crippen LogP contribution in [0.4, 0.5) is 4.79 Å². The monoisotopic (exact) mass is 245 g/mol. The molecule has 17 heavy (non-hydrogen) atoms. The molecule has 5 heteroatoms. The normalized spacial score (nSPS) is 11.1. The molecule has 100 valence electrons. The quantitative estimate of drug-likeness (QED) is 0.696. The zero-order chi connectivity index (χ0) is 13.3. The third-order valence-corrected chi connectivity index (χ3v) is 1.73. The molecule has 0 saturated carbocycles. The maximum atomic E-state index is 11.2. The van der Waals surface area contributed by atoms with E-state index in [-0.39, 0.29) is 5.78 Å². The second kappa shape index (κ2) is 8.06. The molecule has 0 aliphatic carbocycles. The Morgan fingerprint density at radius 2 is 1.82 bits per heavy atom. The molecule has 0 spiro atoms. The molecule has 0 radical (unpaired) electrons. The van der Waals surface area contributed by atoms with Crippen LogP contribution in [0.5, 0.6) is 0 Å². The van der Waals surface area contributed by atoms with Gasteiger partial charge in [-0.15, -0.1) is 0 Å². The molecule has 5 nitrogen and oxygen atoms in total. The molecule has 0 aromatic heterocycles. The van der Waals surface area contributed by atoms with Crippen molar-refractivity contribution in [3.05, 3.63) is 0 Å². The first-order valence-corrected chi connectivity index (χ1v) is 5.85. The summed E-state index contributed by atoms with van der Waals surface area (Å²) in [5.41, 5.74) is -0.480. The first-order chi connectivity index (χ1) is 7.81. The van der Waals surface area contributed by atoms with Gasteiger partial charge in [0.15, 0.2) is 0 Å². The van der Waals surface area contributed by atoms with E-state index in [0.29, 0.717) is 26.2 Å². The summed E-state index contributed by atoms with van der Waals surface area (Å²) in [6.07, 6.45) is 0.825. The van der Waals surface area contributed by atoms with Crippen LogP contribution >= 0.6 is 0 Å². The van der Waals surface area contributed by atoms with Gasteiger partial charge >= 0.3 is 6.09 Å². The van der Waals surface area contributed by atoms with Crippen molar-refractivity contribution in [2.45, 2.75) is 46.1 Å². The summed E-state index contributed by atoms with van der Waals surface area (Å²) in [6.45, 7) is 8.37. The highest BCUT2D eigenvalue weighted by atomic mass is 16.6. The molecule has 0 saturated heterocycles. The molecular formula is C12H23NO4. The zero-order valence-electron chi connectivity index (χ0n) is 11.2. The Morgan fingerprint density at radius 1 is 1.18 bits per heavy atom. The van der Waals surface area contributed by atoms with Crippen molar-refractivity contribution in [1.82, 2.24) is 5.32 Å². The van der Waals surface area contributed by atoms with E-state index in [0.717, 1.165) is 6.42 Å². The first-order valence-electron chi connectivity index (χ1n) is 5.85. The average molecular weight is 245 g/mol. The van der Waals surface area contributed by atoms with Crippen molar-refractivity contribution in [2.24, 2.45) is 0 Å². The molecule has 0 aromatic carbocycles. The third-order valence-electron chi connectivity index (χ3n) is 1.73. The molecule has 0 aliphatic heterocycles. The van der Waals surface area contributed by atoms with Crippen LogP contribution in [0.2, 0.25) is 0 Å². The molecule has 1 N–H and O–H groups in total. The molecule has 0 bridgehead atoms. The van der Waals surface area contributed by atoms with Crippen molar-refractivity contribution in [2.75, 3.05) is 19.8 Å². The predicted octanol–water partition coefficient (Wildman–Crippen LogP) is 1.90. The van der Waals surface area contributed by atoms with E-state index >= 15 is 0 Å². The van der Waals surface area contributed by atoms with Crippen molar-refractivity contribution >= 4 is 11.9 Å². The number of ether oxygens (including phenoxy) is 2. The van der Waals surface area contributed by atoms with Gasteiger partial charge in [-0.25, -0.2) is 4.79 Å². The first kappa shape index (κ1) is 15.9. The second-order valence-corrected chi connectivity index (χ2v) is 4.85. The Bertz CT molecular complexity index is 245. The Hall–Kier alpha value is -1.10. The summed E-state index contributed by atoms with van der Waals surface area (Å²) in [5.74, 6) is 0.167. The molecule has 0 fully saturated rings. The fourth-order valence-electron chi connectivity index (χ4n) is 1.06. The lowest BCUT2D eigenvalue weighted by Gasteiger charge is -2.19. The highest BCUT2D eigenvalue weighted by Crippen LogP contribution is 2.05. The summed E-state index contributed by atoms with van der Waals surface area (Å²) in [6, 6.07) is 0. The molecular weight excluding hydrogens is 222 g/mol. The van der Waals surface area contributed by atoms with E-state index in [1.54, 1.807) is 6.92 Å². The van der Waals surface area contributed by atoms with Gasteiger partial charge in [0, 0.05) is 19.6 Å². The summed E-state index contributed by atoms with van der Waals surface area (Å²) in [5, 5.41) is 2.59. The fraction of sp³-hybridized carbons (Fsp3) is 0.833. The number of rotatable bonds is 7. The maximum Gasteiger partial charge on any atom is 0.407 e. The van der Waals surface area contributed by atoms with E-state index in [9.17, 15) is 9.59 Å².